The Bertz CT molecular complexity index is 5480. The summed E-state index contributed by atoms with van der Waals surface area (Å²) >= 11 is 0. The molecule has 0 bridgehead atoms. The molecule has 4 aliphatic rings. The SMILES string of the molecule is CCN(CC)c1ccc2nc3cc(N=Nc4ccc(N(C)CCCC(=O)NCCCC[C@H](NC(=O)C5(NC(=O)c6ccc(N7CCN(C)CC7)cc6)CCCCC5)C(=O)NCCNC(=O)CCCCCN5\C(=C/C=C/C=C/C6=[N+](CC)c7ccc(S(=O)(=O)O)cc7C6(C)C)C(C)(C)c6cc(S(=O)(=O)O)ccc65)cc4)ccc3[n+](-c3ccccc3)c2c1. The number of aromatic nitrogens is 2. The summed E-state index contributed by atoms with van der Waals surface area (Å²) in [6, 6.07) is 46.2. The zero-order valence-electron chi connectivity index (χ0n) is 71.1. The minimum atomic E-state index is -4.51. The maximum absolute atomic E-state index is 14.8. The van der Waals surface area contributed by atoms with Crippen molar-refractivity contribution in [2.24, 2.45) is 10.2 Å². The molecule has 8 aromatic rings. The highest BCUT2D eigenvalue weighted by atomic mass is 32.2. The maximum atomic E-state index is 14.8. The van der Waals surface area contributed by atoms with Crippen LogP contribution in [0.1, 0.15) is 160 Å². The first-order valence-corrected chi connectivity index (χ1v) is 45.4. The van der Waals surface area contributed by atoms with Gasteiger partial charge in [0.05, 0.1) is 26.6 Å². The Kier molecular flexibility index (Phi) is 29.2. The molecule has 121 heavy (non-hydrogen) atoms. The average molecular weight is 1690 g/mol. The van der Waals surface area contributed by atoms with Crippen LogP contribution in [0.2, 0.25) is 0 Å². The number of carbonyl (C=O) groups excluding carboxylic acids is 5. The van der Waals surface area contributed by atoms with Crippen molar-refractivity contribution in [3.63, 3.8) is 0 Å². The van der Waals surface area contributed by atoms with Crippen LogP contribution in [0.4, 0.5) is 39.8 Å². The van der Waals surface area contributed by atoms with Crippen molar-refractivity contribution >= 4 is 117 Å². The number of carbonyl (C=O) groups is 5. The Morgan fingerprint density at radius 2 is 1.27 bits per heavy atom. The Morgan fingerprint density at radius 1 is 0.620 bits per heavy atom. The smallest absolute Gasteiger partial charge is 0.294 e. The molecule has 640 valence electrons. The van der Waals surface area contributed by atoms with Crippen LogP contribution in [0, 0.1) is 0 Å². The maximum Gasteiger partial charge on any atom is 0.294 e. The predicted octanol–water partition coefficient (Wildman–Crippen LogP) is 14.0. The predicted molar refractivity (Wildman–Crippen MR) is 478 cm³/mol. The highest BCUT2D eigenvalue weighted by Crippen LogP contribution is 2.49. The lowest BCUT2D eigenvalue weighted by molar-refractivity contribution is -0.538. The molecule has 7 N–H and O–H groups in total. The van der Waals surface area contributed by atoms with E-state index in [1.54, 1.807) is 24.3 Å². The number of nitrogens with one attached hydrogen (secondary N) is 5. The Balaban J connectivity index is 0.624. The first kappa shape index (κ1) is 89.2. The molecule has 2 fully saturated rings. The first-order valence-electron chi connectivity index (χ1n) is 42.5. The van der Waals surface area contributed by atoms with Crippen molar-refractivity contribution in [1.82, 2.24) is 36.5 Å². The van der Waals surface area contributed by atoms with Gasteiger partial charge in [0.2, 0.25) is 46.0 Å². The van der Waals surface area contributed by atoms with Gasteiger partial charge in [-0.1, -0.05) is 76.0 Å². The van der Waals surface area contributed by atoms with Gasteiger partial charge in [0.1, 0.15) is 29.2 Å². The van der Waals surface area contributed by atoms with Crippen molar-refractivity contribution in [3.05, 3.63) is 204 Å². The Labute approximate surface area is 711 Å². The number of unbranched alkanes of at least 4 members (excludes halogenated alkanes) is 3. The zero-order valence-corrected chi connectivity index (χ0v) is 72.8. The summed E-state index contributed by atoms with van der Waals surface area (Å²) in [5, 5.41) is 24.3. The number of benzene rings is 7. The zero-order chi connectivity index (χ0) is 86.2. The topological polar surface area (TPSA) is 315 Å². The number of azo groups is 1. The van der Waals surface area contributed by atoms with Gasteiger partial charge in [-0.25, -0.2) is 4.98 Å². The van der Waals surface area contributed by atoms with Crippen LogP contribution in [0.5, 0.6) is 0 Å². The fourth-order valence-corrected chi connectivity index (χ4v) is 18.0. The largest absolute Gasteiger partial charge is 0.375 e. The quantitative estimate of drug-likeness (QED) is 0.00475. The summed E-state index contributed by atoms with van der Waals surface area (Å²) < 4.78 is 73.3. The third-order valence-electron chi connectivity index (χ3n) is 24.0. The molecule has 1 saturated heterocycles. The minimum absolute atomic E-state index is 0.0795. The van der Waals surface area contributed by atoms with Gasteiger partial charge in [-0.2, -0.15) is 31.6 Å². The fraction of sp³-hybridized carbons (Fsp3) is 0.419. The molecule has 26 nitrogen and oxygen atoms in total. The van der Waals surface area contributed by atoms with Gasteiger partial charge in [0.25, 0.3) is 26.1 Å². The molecule has 1 aliphatic carbocycles. The van der Waals surface area contributed by atoms with Crippen LogP contribution in [0.15, 0.2) is 208 Å². The van der Waals surface area contributed by atoms with E-state index in [0.29, 0.717) is 114 Å². The molecule has 0 spiro atoms. The van der Waals surface area contributed by atoms with Crippen molar-refractivity contribution < 1.29 is 59.1 Å². The second-order valence-corrected chi connectivity index (χ2v) is 35.8. The Morgan fingerprint density at radius 3 is 1.97 bits per heavy atom. The third-order valence-corrected chi connectivity index (χ3v) is 25.7. The summed E-state index contributed by atoms with van der Waals surface area (Å²) in [6.45, 7) is 22.1. The number of anilines is 4. The number of piperazine rings is 1. The van der Waals surface area contributed by atoms with Crippen molar-refractivity contribution in [1.29, 1.82) is 0 Å². The molecule has 4 heterocycles. The number of hydrogen-bond acceptors (Lipinski definition) is 17. The second-order valence-electron chi connectivity index (χ2n) is 32.9. The fourth-order valence-electron chi connectivity index (χ4n) is 17.0. The van der Waals surface area contributed by atoms with E-state index in [4.69, 9.17) is 4.98 Å². The average Bonchev–Trinajstić information content (AvgIpc) is 1.64. The molecular weight excluding hydrogens is 1570 g/mol. The van der Waals surface area contributed by atoms with Gasteiger partial charge in [0.15, 0.2) is 5.71 Å². The van der Waals surface area contributed by atoms with E-state index in [2.05, 4.69) is 122 Å². The van der Waals surface area contributed by atoms with E-state index in [9.17, 15) is 49.9 Å². The van der Waals surface area contributed by atoms with Crippen molar-refractivity contribution in [2.75, 3.05) is 112 Å². The van der Waals surface area contributed by atoms with Gasteiger partial charge in [0, 0.05) is 173 Å². The molecule has 7 aromatic carbocycles. The van der Waals surface area contributed by atoms with Crippen LogP contribution in [0.3, 0.4) is 0 Å². The van der Waals surface area contributed by atoms with Crippen LogP contribution < -0.4 is 50.8 Å². The molecule has 28 heteroatoms. The number of fused-ring (bicyclic) bond motifs is 4. The number of likely N-dealkylation sites (N-methyl/N-ethyl adjacent to an activating group) is 1. The number of rotatable bonds is 37. The summed E-state index contributed by atoms with van der Waals surface area (Å²) in [5.74, 6) is -1.55. The van der Waals surface area contributed by atoms with Gasteiger partial charge < -0.3 is 51.1 Å². The van der Waals surface area contributed by atoms with Gasteiger partial charge in [-0.15, -0.1) is 4.57 Å². The van der Waals surface area contributed by atoms with E-state index in [1.807, 2.05) is 145 Å². The molecule has 1 aromatic heterocycles. The number of amides is 5. The number of nitrogens with zero attached hydrogens (tertiary/aromatic N) is 10. The van der Waals surface area contributed by atoms with E-state index in [1.165, 1.54) is 24.3 Å². The van der Waals surface area contributed by atoms with E-state index in [-0.39, 0.29) is 53.4 Å². The monoisotopic (exact) mass is 1680 g/mol. The summed E-state index contributed by atoms with van der Waals surface area (Å²) in [6.07, 6.45) is 17.0. The second kappa shape index (κ2) is 39.7. The molecule has 1 atom stereocenters. The van der Waals surface area contributed by atoms with E-state index >= 15 is 0 Å². The lowest BCUT2D eigenvalue weighted by Crippen LogP contribution is -2.62. The molecular formula is C93H117N15O11S2+2. The molecule has 0 unspecified atom stereocenters. The lowest BCUT2D eigenvalue weighted by Gasteiger charge is -2.37. The summed E-state index contributed by atoms with van der Waals surface area (Å²) in [7, 11) is -4.83. The van der Waals surface area contributed by atoms with Crippen LogP contribution in [-0.2, 0) is 50.2 Å². The molecule has 5 amide bonds. The van der Waals surface area contributed by atoms with Crippen molar-refractivity contribution in [3.8, 4) is 5.69 Å². The normalized spacial score (nSPS) is 16.4. The Hall–Kier alpha value is -11.0. The summed E-state index contributed by atoms with van der Waals surface area (Å²) in [5.41, 5.74) is 12.0. The van der Waals surface area contributed by atoms with Crippen molar-refractivity contribution in [2.45, 2.75) is 171 Å². The highest BCUT2D eigenvalue weighted by molar-refractivity contribution is 7.86. The van der Waals surface area contributed by atoms with Gasteiger partial charge in [-0.05, 0) is 208 Å². The first-order chi connectivity index (χ1) is 58.0. The van der Waals surface area contributed by atoms with Gasteiger partial charge in [-0.3, -0.25) is 33.1 Å². The minimum Gasteiger partial charge on any atom is -0.375 e. The summed E-state index contributed by atoms with van der Waals surface area (Å²) in [4.78, 5) is 85.8. The standard InChI is InChI=1S/C93H115N15O11S2/c1-10-104(11-2)72-44-47-77-83(63-72)108(71-28-17-13-18-29-71)82-48-39-68(62-79(82)97-77)101-100-67-37-42-69(43-38-67)103(9)56-27-34-87(110)94-53-25-22-30-78(98-90(113)93(51-23-16-24-52-93)99-88(111)66-35-40-70(41-36-66)105-60-58-102(8)59-61-105)89(112)96-55-54-95-86(109)33-21-15-26-57-107-81-50-46-74(121(117,118)119)65-76(81)92(6,7)85(107)32-20-14-19-31-84-91(4,5)75-64-73(120(114,115)116)45-49-80(75)106(84)12-3/h13-14,17-20,28-29,31-32,35-50,62-65,78H,10-12,15-16,21-27,30,33-34,51-61H2,1-9H3,(H5-2,94,95,96,98,99,109,110,111,112,113,114,115,116,117,118,119)/p+2/t78-/m0/s1. The van der Waals surface area contributed by atoms with E-state index in [0.717, 1.165) is 124 Å². The van der Waals surface area contributed by atoms with Crippen LogP contribution in [0.25, 0.3) is 27.8 Å². The molecule has 1 saturated carbocycles. The molecule has 12 rings (SSSR count). The van der Waals surface area contributed by atoms with Gasteiger partial charge >= 0.3 is 0 Å². The van der Waals surface area contributed by atoms with E-state index < -0.39 is 54.5 Å². The van der Waals surface area contributed by atoms with Crippen LogP contribution >= 0.6 is 0 Å². The molecule has 0 radical (unpaired) electrons. The highest BCUT2D eigenvalue weighted by Gasteiger charge is 2.46. The number of para-hydroxylation sites is 1. The third kappa shape index (κ3) is 21.6. The van der Waals surface area contributed by atoms with Crippen LogP contribution in [-0.4, -0.2) is 180 Å². The number of allylic oxidation sites excluding steroid dienone is 6. The molecule has 3 aliphatic heterocycles. The number of hydrogen-bond donors (Lipinski definition) is 7. The lowest BCUT2D eigenvalue weighted by atomic mass is 9.80.